The summed E-state index contributed by atoms with van der Waals surface area (Å²) < 4.78 is 31.8. The number of hydrogen-bond donors (Lipinski definition) is 2. The number of methoxy groups -OCH3 is 1. The quantitative estimate of drug-likeness (QED) is 0.300. The minimum Gasteiger partial charge on any atom is -0.479 e. The van der Waals surface area contributed by atoms with Gasteiger partial charge in [-0.15, -0.1) is 6.58 Å². The lowest BCUT2D eigenvalue weighted by atomic mass is 9.44. The highest BCUT2D eigenvalue weighted by molar-refractivity contribution is 6.67. The summed E-state index contributed by atoms with van der Waals surface area (Å²) in [6.07, 6.45) is 3.44. The van der Waals surface area contributed by atoms with Crippen LogP contribution in [0.2, 0.25) is 0 Å². The highest BCUT2D eigenvalue weighted by atomic mass is 19.1. The summed E-state index contributed by atoms with van der Waals surface area (Å²) >= 11 is 0. The van der Waals surface area contributed by atoms with Crippen molar-refractivity contribution < 1.29 is 43.1 Å². The van der Waals surface area contributed by atoms with Gasteiger partial charge in [0, 0.05) is 28.6 Å². The zero-order valence-corrected chi connectivity index (χ0v) is 25.3. The number of ether oxygens (including phenoxy) is 3. The molecular weight excluding hydrogens is 558 g/mol. The van der Waals surface area contributed by atoms with Crippen LogP contribution in [0.4, 0.5) is 9.18 Å². The van der Waals surface area contributed by atoms with Crippen LogP contribution in [0.1, 0.15) is 65.4 Å². The second-order valence-electron chi connectivity index (χ2n) is 13.2. The van der Waals surface area contributed by atoms with Gasteiger partial charge in [0.2, 0.25) is 0 Å². The molecule has 4 aliphatic rings. The summed E-state index contributed by atoms with van der Waals surface area (Å²) in [6.45, 7) is 11.4. The van der Waals surface area contributed by atoms with Gasteiger partial charge in [-0.25, -0.2) is 18.9 Å². The summed E-state index contributed by atoms with van der Waals surface area (Å²) in [7, 11) is -0.659. The Morgan fingerprint density at radius 3 is 2.67 bits per heavy atom. The Labute approximate surface area is 251 Å². The maximum Gasteiger partial charge on any atom is 0.481 e. The Kier molecular flexibility index (Phi) is 8.00. The number of halogens is 1. The highest BCUT2D eigenvalue weighted by Gasteiger charge is 2.68. The number of fused-ring (bicyclic) bond motifs is 1. The number of nitrogens with zero attached hydrogens (tertiary/aromatic N) is 2. The monoisotopic (exact) mass is 598 g/mol. The van der Waals surface area contributed by atoms with Gasteiger partial charge in [-0.3, -0.25) is 4.79 Å². The number of amides is 1. The van der Waals surface area contributed by atoms with Gasteiger partial charge in [0.25, 0.3) is 0 Å². The van der Waals surface area contributed by atoms with E-state index < -0.39 is 60.0 Å². The molecule has 3 saturated carbocycles. The molecule has 43 heavy (non-hydrogen) atoms. The highest BCUT2D eigenvalue weighted by Crippen LogP contribution is 2.68. The molecule has 1 aromatic rings. The molecule has 3 aliphatic carbocycles. The minimum atomic E-state index is -1.76. The number of carbonyl (C=O) groups is 3. The van der Waals surface area contributed by atoms with Crippen molar-refractivity contribution in [2.24, 2.45) is 39.1 Å². The van der Waals surface area contributed by atoms with Crippen molar-refractivity contribution in [3.05, 3.63) is 36.2 Å². The smallest absolute Gasteiger partial charge is 0.479 e. The number of aliphatic hydroxyl groups is 1. The molecule has 10 nitrogen and oxygen atoms in total. The molecule has 2 bridgehead atoms. The molecular formula is C31H40BFN2O8. The molecule has 1 heterocycles. The lowest BCUT2D eigenvalue weighted by Crippen LogP contribution is -2.63. The van der Waals surface area contributed by atoms with E-state index in [0.717, 1.165) is 20.0 Å². The van der Waals surface area contributed by atoms with E-state index in [1.54, 1.807) is 6.08 Å². The molecule has 0 radical (unpaired) electrons. The normalized spacial score (nSPS) is 36.7. The number of carbonyl (C=O) groups excluding carboxylic acids is 3. The van der Waals surface area contributed by atoms with Gasteiger partial charge in [0.05, 0.1) is 19.4 Å². The second kappa shape index (κ2) is 11.0. The van der Waals surface area contributed by atoms with Gasteiger partial charge in [-0.2, -0.15) is 5.10 Å². The van der Waals surface area contributed by atoms with Gasteiger partial charge >= 0.3 is 19.1 Å². The van der Waals surface area contributed by atoms with Gasteiger partial charge in [0.1, 0.15) is 11.9 Å². The fourth-order valence-corrected chi connectivity index (χ4v) is 8.46. The first-order valence-corrected chi connectivity index (χ1v) is 14.8. The van der Waals surface area contributed by atoms with Crippen LogP contribution >= 0.6 is 0 Å². The minimum absolute atomic E-state index is 0.0573. The molecule has 2 N–H and O–H groups in total. The maximum atomic E-state index is 15.5. The predicted molar refractivity (Wildman–Crippen MR) is 156 cm³/mol. The third-order valence-corrected chi connectivity index (χ3v) is 11.3. The molecule has 0 spiro atoms. The number of ketones is 1. The summed E-state index contributed by atoms with van der Waals surface area (Å²) in [4.78, 5) is 39.4. The zero-order valence-electron chi connectivity index (χ0n) is 25.3. The average molecular weight is 598 g/mol. The Bertz CT molecular complexity index is 1370. The Morgan fingerprint density at radius 1 is 1.28 bits per heavy atom. The summed E-state index contributed by atoms with van der Waals surface area (Å²) in [5, 5.41) is 26.0. The van der Waals surface area contributed by atoms with Gasteiger partial charge in [-0.1, -0.05) is 33.8 Å². The number of hydrogen-bond acceptors (Lipinski definition) is 9. The molecule has 3 fully saturated rings. The van der Waals surface area contributed by atoms with Crippen LogP contribution < -0.4 is 10.2 Å². The van der Waals surface area contributed by atoms with E-state index in [1.807, 2.05) is 20.8 Å². The van der Waals surface area contributed by atoms with Crippen LogP contribution in [0, 0.1) is 39.8 Å². The predicted octanol–water partition coefficient (Wildman–Crippen LogP) is 3.21. The number of hydrazone groups is 1. The molecule has 8 atom stereocenters. The van der Waals surface area contributed by atoms with E-state index in [-0.39, 0.29) is 46.7 Å². The Hall–Kier alpha value is -3.25. The lowest BCUT2D eigenvalue weighted by molar-refractivity contribution is -0.207. The lowest BCUT2D eigenvalue weighted by Gasteiger charge is -2.61. The second-order valence-corrected chi connectivity index (χ2v) is 13.2. The van der Waals surface area contributed by atoms with E-state index >= 15 is 4.39 Å². The van der Waals surface area contributed by atoms with Crippen LogP contribution in [0.5, 0.6) is 5.75 Å². The first kappa shape index (κ1) is 31.2. The molecule has 0 aromatic heterocycles. The van der Waals surface area contributed by atoms with E-state index in [9.17, 15) is 24.5 Å². The van der Waals surface area contributed by atoms with E-state index in [1.165, 1.54) is 18.3 Å². The van der Waals surface area contributed by atoms with Crippen molar-refractivity contribution >= 4 is 36.6 Å². The third kappa shape index (κ3) is 4.68. The molecule has 1 amide bonds. The van der Waals surface area contributed by atoms with Crippen molar-refractivity contribution in [3.63, 3.8) is 0 Å². The van der Waals surface area contributed by atoms with E-state index in [4.69, 9.17) is 9.47 Å². The van der Waals surface area contributed by atoms with Crippen LogP contribution in [0.25, 0.3) is 0 Å². The topological polar surface area (TPSA) is 135 Å². The Morgan fingerprint density at radius 2 is 2.00 bits per heavy atom. The van der Waals surface area contributed by atoms with Gasteiger partial charge < -0.3 is 24.3 Å². The summed E-state index contributed by atoms with van der Waals surface area (Å²) in [5.74, 6) is -2.37. The number of esters is 1. The molecule has 1 aliphatic heterocycles. The maximum absolute atomic E-state index is 15.5. The molecule has 12 heteroatoms. The Balaban J connectivity index is 1.41. The molecule has 1 aromatic carbocycles. The van der Waals surface area contributed by atoms with Crippen LogP contribution in [0.3, 0.4) is 0 Å². The van der Waals surface area contributed by atoms with Crippen molar-refractivity contribution in [1.29, 1.82) is 0 Å². The fourth-order valence-electron chi connectivity index (χ4n) is 8.46. The molecule has 232 valence electrons. The van der Waals surface area contributed by atoms with Crippen molar-refractivity contribution in [3.8, 4) is 5.75 Å². The van der Waals surface area contributed by atoms with E-state index in [2.05, 4.69) is 23.3 Å². The van der Waals surface area contributed by atoms with Gasteiger partial charge in [0.15, 0.2) is 18.2 Å². The third-order valence-electron chi connectivity index (χ3n) is 11.3. The standard InChI is InChI=1S/C31H40BFN2O8/c1-7-29(4)14-22(30(5)17(2)10-12-31(18(3)27(29)38)13-11-20(36)26(30)31)43-23(37)16-42-21-9-8-19-15-34-35(28(39)41-6)32(40)24(19)25(21)33/h7-9,15,17-18,22,26-27,38,40H,1,10-14,16H2,2-6H3/t17-,18+,22-,26+,27+,29-,30+,31+/m1/s1. The van der Waals surface area contributed by atoms with Crippen molar-refractivity contribution in [1.82, 2.24) is 4.92 Å². The summed E-state index contributed by atoms with van der Waals surface area (Å²) in [6, 6.07) is 2.75. The average Bonchev–Trinajstić information content (AvgIpc) is 3.34. The number of rotatable bonds is 5. The number of Topliss-reactive ketones (excluding diaryl/α,β-unsaturated/α-hetero) is 1. The number of benzene rings is 1. The SMILES string of the molecule is C=C[C@]1(C)C[C@@H](OC(=O)COc2ccc3c(c2F)B(O)N(C(=O)OC)N=C3)[C@]2(C)[C@H](C)CC[C@]3(CCC(=O)[C@H]32)[C@@H](C)[C@@H]1O. The van der Waals surface area contributed by atoms with Crippen LogP contribution in [-0.4, -0.2) is 72.1 Å². The molecule has 0 saturated heterocycles. The molecule has 0 unspecified atom stereocenters. The van der Waals surface area contributed by atoms with Crippen molar-refractivity contribution in [2.45, 2.75) is 72.0 Å². The van der Waals surface area contributed by atoms with Crippen molar-refractivity contribution in [2.75, 3.05) is 13.7 Å². The van der Waals surface area contributed by atoms with Crippen LogP contribution in [-0.2, 0) is 19.1 Å². The number of aliphatic hydroxyl groups excluding tert-OH is 1. The largest absolute Gasteiger partial charge is 0.481 e. The van der Waals surface area contributed by atoms with E-state index in [0.29, 0.717) is 17.8 Å². The summed E-state index contributed by atoms with van der Waals surface area (Å²) in [5.41, 5.74) is -1.91. The van der Waals surface area contributed by atoms with Gasteiger partial charge in [-0.05, 0) is 60.6 Å². The molecule has 5 rings (SSSR count). The fraction of sp³-hybridized carbons (Fsp3) is 0.613. The van der Waals surface area contributed by atoms with Crippen LogP contribution in [0.15, 0.2) is 29.9 Å². The first-order chi connectivity index (χ1) is 20.2. The zero-order chi connectivity index (χ0) is 31.5. The first-order valence-electron chi connectivity index (χ1n) is 14.8.